The van der Waals surface area contributed by atoms with E-state index in [1.54, 1.807) is 18.2 Å². The Bertz CT molecular complexity index is 854. The van der Waals surface area contributed by atoms with Gasteiger partial charge >= 0.3 is 0 Å². The highest BCUT2D eigenvalue weighted by atomic mass is 35.5. The zero-order valence-electron chi connectivity index (χ0n) is 13.9. The van der Waals surface area contributed by atoms with Crippen LogP contribution in [0.15, 0.2) is 53.4 Å². The number of sulfonamides is 1. The van der Waals surface area contributed by atoms with E-state index < -0.39 is 10.0 Å². The SMILES string of the molecule is CC(c1ccc(Cl)cc1)N(C)CC(=O)Nc1cccc(S(N)(=O)=O)c1. The number of amides is 1. The Kier molecular flexibility index (Phi) is 6.18. The molecule has 0 aromatic heterocycles. The standard InChI is InChI=1S/C17H20ClN3O3S/c1-12(13-6-8-14(18)9-7-13)21(2)11-17(22)20-15-4-3-5-16(10-15)25(19,23)24/h3-10,12H,11H2,1-2H3,(H,20,22)(H2,19,23,24). The summed E-state index contributed by atoms with van der Waals surface area (Å²) < 4.78 is 22.7. The van der Waals surface area contributed by atoms with Gasteiger partial charge in [-0.3, -0.25) is 9.69 Å². The molecule has 0 fully saturated rings. The number of rotatable bonds is 6. The second-order valence-corrected chi connectivity index (χ2v) is 7.76. The summed E-state index contributed by atoms with van der Waals surface area (Å²) in [5.41, 5.74) is 1.42. The monoisotopic (exact) mass is 381 g/mol. The molecular formula is C17H20ClN3O3S. The normalized spacial score (nSPS) is 12.8. The highest BCUT2D eigenvalue weighted by Gasteiger charge is 2.16. The number of carbonyl (C=O) groups is 1. The first-order valence-electron chi connectivity index (χ1n) is 7.55. The molecule has 0 saturated carbocycles. The first-order valence-corrected chi connectivity index (χ1v) is 9.47. The molecule has 134 valence electrons. The molecule has 2 rings (SSSR count). The third-order valence-corrected chi connectivity index (χ3v) is 5.02. The maximum atomic E-state index is 12.2. The van der Waals surface area contributed by atoms with Crippen LogP contribution in [-0.4, -0.2) is 32.8 Å². The summed E-state index contributed by atoms with van der Waals surface area (Å²) >= 11 is 5.89. The molecule has 0 bridgehead atoms. The fraction of sp³-hybridized carbons (Fsp3) is 0.235. The van der Waals surface area contributed by atoms with Crippen molar-refractivity contribution in [2.45, 2.75) is 17.9 Å². The average Bonchev–Trinajstić information content (AvgIpc) is 2.54. The van der Waals surface area contributed by atoms with Gasteiger partial charge in [0.25, 0.3) is 0 Å². The van der Waals surface area contributed by atoms with Gasteiger partial charge in [0.15, 0.2) is 0 Å². The second-order valence-electron chi connectivity index (χ2n) is 5.76. The number of benzene rings is 2. The van der Waals surface area contributed by atoms with Crippen molar-refractivity contribution in [3.05, 3.63) is 59.1 Å². The Hall–Kier alpha value is -1.93. The molecule has 0 heterocycles. The van der Waals surface area contributed by atoms with Crippen molar-refractivity contribution in [3.8, 4) is 0 Å². The molecule has 1 unspecified atom stereocenters. The Morgan fingerprint density at radius 3 is 2.48 bits per heavy atom. The summed E-state index contributed by atoms with van der Waals surface area (Å²) in [6.07, 6.45) is 0. The fourth-order valence-electron chi connectivity index (χ4n) is 2.31. The quantitative estimate of drug-likeness (QED) is 0.804. The Morgan fingerprint density at radius 2 is 1.88 bits per heavy atom. The number of nitrogens with zero attached hydrogens (tertiary/aromatic N) is 1. The second kappa shape index (κ2) is 7.97. The van der Waals surface area contributed by atoms with Gasteiger partial charge in [0.2, 0.25) is 15.9 Å². The summed E-state index contributed by atoms with van der Waals surface area (Å²) in [4.78, 5) is 14.0. The van der Waals surface area contributed by atoms with E-state index in [2.05, 4.69) is 5.32 Å². The molecular weight excluding hydrogens is 362 g/mol. The van der Waals surface area contributed by atoms with E-state index in [9.17, 15) is 13.2 Å². The molecule has 2 aromatic rings. The van der Waals surface area contributed by atoms with E-state index in [1.807, 2.05) is 31.0 Å². The number of nitrogens with two attached hydrogens (primary N) is 1. The minimum atomic E-state index is -3.81. The molecule has 0 aliphatic heterocycles. The van der Waals surface area contributed by atoms with Gasteiger partial charge in [-0.1, -0.05) is 29.8 Å². The number of carbonyl (C=O) groups excluding carboxylic acids is 1. The van der Waals surface area contributed by atoms with E-state index in [4.69, 9.17) is 16.7 Å². The van der Waals surface area contributed by atoms with Crippen LogP contribution < -0.4 is 10.5 Å². The number of likely N-dealkylation sites (N-methyl/N-ethyl adjacent to an activating group) is 1. The number of nitrogens with one attached hydrogen (secondary N) is 1. The minimum Gasteiger partial charge on any atom is -0.325 e. The maximum Gasteiger partial charge on any atom is 0.238 e. The predicted molar refractivity (Wildman–Crippen MR) is 98.9 cm³/mol. The van der Waals surface area contributed by atoms with Crippen LogP contribution in [0.5, 0.6) is 0 Å². The van der Waals surface area contributed by atoms with E-state index in [0.717, 1.165) is 5.56 Å². The van der Waals surface area contributed by atoms with Crippen LogP contribution in [0, 0.1) is 0 Å². The van der Waals surface area contributed by atoms with Crippen molar-refractivity contribution in [2.24, 2.45) is 5.14 Å². The van der Waals surface area contributed by atoms with Crippen LogP contribution in [0.3, 0.4) is 0 Å². The van der Waals surface area contributed by atoms with Crippen molar-refractivity contribution >= 4 is 33.2 Å². The topological polar surface area (TPSA) is 92.5 Å². The summed E-state index contributed by atoms with van der Waals surface area (Å²) in [7, 11) is -1.98. The van der Waals surface area contributed by atoms with Crippen LogP contribution in [0.2, 0.25) is 5.02 Å². The van der Waals surface area contributed by atoms with Gasteiger partial charge in [-0.15, -0.1) is 0 Å². The zero-order chi connectivity index (χ0) is 18.6. The van der Waals surface area contributed by atoms with Gasteiger partial charge in [0.05, 0.1) is 11.4 Å². The minimum absolute atomic E-state index is 0.0128. The highest BCUT2D eigenvalue weighted by Crippen LogP contribution is 2.21. The van der Waals surface area contributed by atoms with Gasteiger partial charge < -0.3 is 5.32 Å². The molecule has 0 aliphatic rings. The lowest BCUT2D eigenvalue weighted by Gasteiger charge is -2.24. The highest BCUT2D eigenvalue weighted by molar-refractivity contribution is 7.89. The molecule has 0 radical (unpaired) electrons. The third-order valence-electron chi connectivity index (χ3n) is 3.85. The lowest BCUT2D eigenvalue weighted by molar-refractivity contribution is -0.117. The molecule has 6 nitrogen and oxygen atoms in total. The van der Waals surface area contributed by atoms with Gasteiger partial charge in [-0.25, -0.2) is 13.6 Å². The summed E-state index contributed by atoms with van der Waals surface area (Å²) in [5.74, 6) is -0.255. The van der Waals surface area contributed by atoms with Gasteiger partial charge in [0, 0.05) is 16.8 Å². The number of primary sulfonamides is 1. The Morgan fingerprint density at radius 1 is 1.24 bits per heavy atom. The zero-order valence-corrected chi connectivity index (χ0v) is 15.5. The third kappa shape index (κ3) is 5.54. The summed E-state index contributed by atoms with van der Waals surface area (Å²) in [6, 6.07) is 13.3. The van der Waals surface area contributed by atoms with Crippen molar-refractivity contribution < 1.29 is 13.2 Å². The average molecular weight is 382 g/mol. The van der Waals surface area contributed by atoms with Crippen LogP contribution in [-0.2, 0) is 14.8 Å². The first-order chi connectivity index (χ1) is 11.7. The number of anilines is 1. The van der Waals surface area contributed by atoms with E-state index in [1.165, 1.54) is 18.2 Å². The Labute approximate surface area is 152 Å². The van der Waals surface area contributed by atoms with Crippen molar-refractivity contribution in [1.29, 1.82) is 0 Å². The molecule has 2 aromatic carbocycles. The fourth-order valence-corrected chi connectivity index (χ4v) is 3.00. The molecule has 1 amide bonds. The van der Waals surface area contributed by atoms with Gasteiger partial charge in [-0.2, -0.15) is 0 Å². The molecule has 25 heavy (non-hydrogen) atoms. The molecule has 8 heteroatoms. The van der Waals surface area contributed by atoms with Gasteiger partial charge in [-0.05, 0) is 49.9 Å². The van der Waals surface area contributed by atoms with E-state index in [0.29, 0.717) is 10.7 Å². The summed E-state index contributed by atoms with van der Waals surface area (Å²) in [6.45, 7) is 2.13. The van der Waals surface area contributed by atoms with Crippen molar-refractivity contribution in [1.82, 2.24) is 4.90 Å². The van der Waals surface area contributed by atoms with E-state index in [-0.39, 0.29) is 23.4 Å². The number of hydrogen-bond donors (Lipinski definition) is 2. The number of hydrogen-bond acceptors (Lipinski definition) is 4. The smallest absolute Gasteiger partial charge is 0.238 e. The first kappa shape index (κ1) is 19.4. The lowest BCUT2D eigenvalue weighted by Crippen LogP contribution is -2.32. The Balaban J connectivity index is 2.01. The lowest BCUT2D eigenvalue weighted by atomic mass is 10.1. The van der Waals surface area contributed by atoms with E-state index >= 15 is 0 Å². The summed E-state index contributed by atoms with van der Waals surface area (Å²) in [5, 5.41) is 8.43. The molecule has 3 N–H and O–H groups in total. The van der Waals surface area contributed by atoms with Gasteiger partial charge in [0.1, 0.15) is 0 Å². The van der Waals surface area contributed by atoms with Crippen molar-refractivity contribution in [2.75, 3.05) is 18.9 Å². The molecule has 1 atom stereocenters. The molecule has 0 spiro atoms. The molecule has 0 saturated heterocycles. The molecule has 0 aliphatic carbocycles. The van der Waals surface area contributed by atoms with Crippen LogP contribution in [0.25, 0.3) is 0 Å². The van der Waals surface area contributed by atoms with Crippen LogP contribution in [0.1, 0.15) is 18.5 Å². The van der Waals surface area contributed by atoms with Crippen LogP contribution in [0.4, 0.5) is 5.69 Å². The number of halogens is 1. The largest absolute Gasteiger partial charge is 0.325 e. The maximum absolute atomic E-state index is 12.2. The predicted octanol–water partition coefficient (Wildman–Crippen LogP) is 2.62. The van der Waals surface area contributed by atoms with Crippen LogP contribution >= 0.6 is 11.6 Å². The van der Waals surface area contributed by atoms with Crippen molar-refractivity contribution in [3.63, 3.8) is 0 Å².